The molecule has 74 valence electrons. The van der Waals surface area contributed by atoms with Gasteiger partial charge in [0.15, 0.2) is 0 Å². The molecule has 13 heavy (non-hydrogen) atoms. The Bertz CT molecular complexity index is 217. The quantitative estimate of drug-likeness (QED) is 0.487. The molecule has 0 amide bonds. The topological polar surface area (TPSA) is 34.0 Å². The van der Waals surface area contributed by atoms with Crippen LogP contribution in [0.3, 0.4) is 0 Å². The maximum Gasteiger partial charge on any atom is 0.311 e. The molecule has 3 heteroatoms. The van der Waals surface area contributed by atoms with E-state index in [9.17, 15) is 0 Å². The van der Waals surface area contributed by atoms with Crippen molar-refractivity contribution in [1.82, 2.24) is 0 Å². The van der Waals surface area contributed by atoms with Crippen LogP contribution in [0.15, 0.2) is 9.98 Å². The van der Waals surface area contributed by atoms with Crippen LogP contribution in [0, 0.1) is 5.92 Å². The summed E-state index contributed by atoms with van der Waals surface area (Å²) in [6.45, 7) is 4.83. The van der Waals surface area contributed by atoms with E-state index < -0.39 is 0 Å². The lowest BCUT2D eigenvalue weighted by Crippen LogP contribution is -2.07. The van der Waals surface area contributed by atoms with Crippen LogP contribution < -0.4 is 0 Å². The van der Waals surface area contributed by atoms with Crippen molar-refractivity contribution in [3.8, 4) is 0 Å². The molecule has 0 N–H and O–H groups in total. The summed E-state index contributed by atoms with van der Waals surface area (Å²) in [5.41, 5.74) is 1.16. The zero-order chi connectivity index (χ0) is 9.68. The number of aliphatic imine (C=N–C) groups is 2. The van der Waals surface area contributed by atoms with E-state index in [0.717, 1.165) is 12.1 Å². The zero-order valence-electron chi connectivity index (χ0n) is 8.71. The first kappa shape index (κ1) is 10.2. The Labute approximate surface area is 79.9 Å². The summed E-state index contributed by atoms with van der Waals surface area (Å²) in [4.78, 5) is 8.32. The Morgan fingerprint density at radius 2 is 2.15 bits per heavy atom. The van der Waals surface area contributed by atoms with E-state index in [1.54, 1.807) is 7.05 Å². The van der Waals surface area contributed by atoms with Gasteiger partial charge in [0.25, 0.3) is 0 Å². The molecule has 0 atom stereocenters. The lowest BCUT2D eigenvalue weighted by molar-refractivity contribution is 0.299. The van der Waals surface area contributed by atoms with E-state index in [0.29, 0.717) is 18.5 Å². The molecule has 1 aliphatic carbocycles. The number of hydrogen-bond donors (Lipinski definition) is 0. The number of rotatable bonds is 3. The fourth-order valence-corrected chi connectivity index (χ4v) is 1.08. The van der Waals surface area contributed by atoms with E-state index in [2.05, 4.69) is 23.8 Å². The first-order valence-electron chi connectivity index (χ1n) is 4.92. The van der Waals surface area contributed by atoms with Gasteiger partial charge >= 0.3 is 6.02 Å². The summed E-state index contributed by atoms with van der Waals surface area (Å²) < 4.78 is 5.35. The van der Waals surface area contributed by atoms with Gasteiger partial charge in [-0.1, -0.05) is 6.92 Å². The Kier molecular flexibility index (Phi) is 3.93. The van der Waals surface area contributed by atoms with Crippen LogP contribution in [0.4, 0.5) is 0 Å². The zero-order valence-corrected chi connectivity index (χ0v) is 8.71. The first-order valence-corrected chi connectivity index (χ1v) is 4.92. The predicted molar refractivity (Wildman–Crippen MR) is 55.4 cm³/mol. The fourth-order valence-electron chi connectivity index (χ4n) is 1.08. The van der Waals surface area contributed by atoms with Crippen LogP contribution >= 0.6 is 0 Å². The van der Waals surface area contributed by atoms with Crippen molar-refractivity contribution in [3.63, 3.8) is 0 Å². The summed E-state index contributed by atoms with van der Waals surface area (Å²) >= 11 is 0. The number of ether oxygens (including phenoxy) is 1. The summed E-state index contributed by atoms with van der Waals surface area (Å²) in [6, 6.07) is 0.534. The Morgan fingerprint density at radius 1 is 1.46 bits per heavy atom. The van der Waals surface area contributed by atoms with Crippen molar-refractivity contribution in [2.75, 3.05) is 13.7 Å². The van der Waals surface area contributed by atoms with Crippen molar-refractivity contribution in [1.29, 1.82) is 0 Å². The van der Waals surface area contributed by atoms with E-state index in [1.165, 1.54) is 12.8 Å². The molecule has 0 heterocycles. The molecule has 0 bridgehead atoms. The summed E-state index contributed by atoms with van der Waals surface area (Å²) in [6.07, 6.45) is 3.55. The molecule has 0 spiro atoms. The minimum Gasteiger partial charge on any atom is -0.464 e. The highest BCUT2D eigenvalue weighted by Crippen LogP contribution is 2.30. The largest absolute Gasteiger partial charge is 0.464 e. The molecule has 0 aliphatic heterocycles. The van der Waals surface area contributed by atoms with Gasteiger partial charge in [-0.25, -0.2) is 9.98 Å². The maximum absolute atomic E-state index is 5.35. The lowest BCUT2D eigenvalue weighted by atomic mass is 10.3. The Morgan fingerprint density at radius 3 is 2.62 bits per heavy atom. The lowest BCUT2D eigenvalue weighted by Gasteiger charge is -2.03. The van der Waals surface area contributed by atoms with Gasteiger partial charge in [-0.3, -0.25) is 0 Å². The smallest absolute Gasteiger partial charge is 0.311 e. The van der Waals surface area contributed by atoms with Crippen molar-refractivity contribution >= 4 is 11.7 Å². The Hall–Kier alpha value is -0.860. The number of hydrogen-bond acceptors (Lipinski definition) is 2. The van der Waals surface area contributed by atoms with Gasteiger partial charge in [-0.2, -0.15) is 0 Å². The van der Waals surface area contributed by atoms with Crippen LogP contribution in [0.1, 0.15) is 33.1 Å². The molecule has 0 unspecified atom stereocenters. The highest BCUT2D eigenvalue weighted by Gasteiger charge is 2.24. The van der Waals surface area contributed by atoms with Crippen LogP contribution in [-0.4, -0.2) is 25.4 Å². The summed E-state index contributed by atoms with van der Waals surface area (Å²) in [5.74, 6) is 0.696. The van der Waals surface area contributed by atoms with Crippen molar-refractivity contribution in [2.45, 2.75) is 33.1 Å². The SMILES string of the molecule is CCCOC(=NC)N=C(C)C1CC1. The van der Waals surface area contributed by atoms with Crippen molar-refractivity contribution in [2.24, 2.45) is 15.9 Å². The minimum absolute atomic E-state index is 0.534. The van der Waals surface area contributed by atoms with E-state index in [-0.39, 0.29) is 0 Å². The van der Waals surface area contributed by atoms with Gasteiger partial charge in [0, 0.05) is 12.8 Å². The molecule has 3 nitrogen and oxygen atoms in total. The molecule has 1 aliphatic rings. The number of amidine groups is 1. The fraction of sp³-hybridized carbons (Fsp3) is 0.800. The Balaban J connectivity index is 2.42. The second-order valence-electron chi connectivity index (χ2n) is 3.38. The van der Waals surface area contributed by atoms with Crippen molar-refractivity contribution < 1.29 is 4.74 Å². The minimum atomic E-state index is 0.534. The molecule has 0 aromatic rings. The number of nitrogens with zero attached hydrogens (tertiary/aromatic N) is 2. The second kappa shape index (κ2) is 5.00. The standard InChI is InChI=1S/C10H18N2O/c1-4-7-13-10(11-3)12-8(2)9-5-6-9/h9H,4-7H2,1-3H3. The average Bonchev–Trinajstić information content (AvgIpc) is 2.94. The van der Waals surface area contributed by atoms with Gasteiger partial charge in [0.05, 0.1) is 6.61 Å². The van der Waals surface area contributed by atoms with Gasteiger partial charge in [-0.05, 0) is 32.1 Å². The second-order valence-corrected chi connectivity index (χ2v) is 3.38. The van der Waals surface area contributed by atoms with E-state index in [4.69, 9.17) is 4.74 Å². The summed E-state index contributed by atoms with van der Waals surface area (Å²) in [7, 11) is 1.72. The van der Waals surface area contributed by atoms with Crippen molar-refractivity contribution in [3.05, 3.63) is 0 Å². The van der Waals surface area contributed by atoms with Crippen LogP contribution in [0.5, 0.6) is 0 Å². The van der Waals surface area contributed by atoms with Crippen LogP contribution in [0.2, 0.25) is 0 Å². The highest BCUT2D eigenvalue weighted by atomic mass is 16.5. The third-order valence-electron chi connectivity index (χ3n) is 2.07. The van der Waals surface area contributed by atoms with E-state index in [1.807, 2.05) is 0 Å². The molecule has 1 fully saturated rings. The molecule has 0 aromatic heterocycles. The average molecular weight is 182 g/mol. The normalized spacial score (nSPS) is 19.0. The molecular formula is C10H18N2O. The van der Waals surface area contributed by atoms with Gasteiger partial charge in [0.1, 0.15) is 0 Å². The van der Waals surface area contributed by atoms with Gasteiger partial charge < -0.3 is 4.74 Å². The molecule has 0 radical (unpaired) electrons. The summed E-state index contributed by atoms with van der Waals surface area (Å²) in [5, 5.41) is 0. The van der Waals surface area contributed by atoms with Crippen LogP contribution in [-0.2, 0) is 4.74 Å². The maximum atomic E-state index is 5.35. The molecule has 1 rings (SSSR count). The molecule has 0 aromatic carbocycles. The third-order valence-corrected chi connectivity index (χ3v) is 2.07. The highest BCUT2D eigenvalue weighted by molar-refractivity contribution is 5.95. The predicted octanol–water partition coefficient (Wildman–Crippen LogP) is 2.27. The molecule has 0 saturated heterocycles. The van der Waals surface area contributed by atoms with Crippen LogP contribution in [0.25, 0.3) is 0 Å². The van der Waals surface area contributed by atoms with Gasteiger partial charge in [0.2, 0.25) is 0 Å². The monoisotopic (exact) mass is 182 g/mol. The first-order chi connectivity index (χ1) is 6.27. The van der Waals surface area contributed by atoms with E-state index >= 15 is 0 Å². The third kappa shape index (κ3) is 3.57. The van der Waals surface area contributed by atoms with Gasteiger partial charge in [-0.15, -0.1) is 0 Å². The molecular weight excluding hydrogens is 164 g/mol. The molecule has 1 saturated carbocycles.